The van der Waals surface area contributed by atoms with E-state index in [1.54, 1.807) is 13.2 Å². The molecule has 1 atom stereocenters. The van der Waals surface area contributed by atoms with Gasteiger partial charge in [-0.2, -0.15) is 0 Å². The summed E-state index contributed by atoms with van der Waals surface area (Å²) in [5.41, 5.74) is 1.92. The Morgan fingerprint density at radius 3 is 2.85 bits per heavy atom. The molecule has 20 heavy (non-hydrogen) atoms. The van der Waals surface area contributed by atoms with E-state index in [9.17, 15) is 9.90 Å². The Morgan fingerprint density at radius 2 is 2.20 bits per heavy atom. The fourth-order valence-corrected chi connectivity index (χ4v) is 1.68. The van der Waals surface area contributed by atoms with Crippen LogP contribution in [0.4, 0.5) is 0 Å². The Hall–Kier alpha value is -1.85. The van der Waals surface area contributed by atoms with E-state index in [0.29, 0.717) is 5.75 Å². The average molecular weight is 279 g/mol. The maximum atomic E-state index is 11.6. The highest BCUT2D eigenvalue weighted by Crippen LogP contribution is 2.20. The topological polar surface area (TPSA) is 67.8 Å². The Morgan fingerprint density at radius 1 is 1.45 bits per heavy atom. The molecule has 0 radical (unpaired) electrons. The molecule has 0 saturated carbocycles. The molecule has 0 aliphatic heterocycles. The fraction of sp³-hybridized carbons (Fsp3) is 0.400. The smallest absolute Gasteiger partial charge is 0.244 e. The molecular formula is C15H21NO4. The van der Waals surface area contributed by atoms with Gasteiger partial charge >= 0.3 is 0 Å². The average Bonchev–Trinajstić information content (AvgIpc) is 2.43. The van der Waals surface area contributed by atoms with Crippen LogP contribution in [0.5, 0.6) is 5.75 Å². The minimum Gasteiger partial charge on any atom is -0.496 e. The largest absolute Gasteiger partial charge is 0.496 e. The zero-order chi connectivity index (χ0) is 15.0. The van der Waals surface area contributed by atoms with Gasteiger partial charge in [0.2, 0.25) is 5.91 Å². The van der Waals surface area contributed by atoms with E-state index in [-0.39, 0.29) is 19.1 Å². The molecule has 0 spiro atoms. The van der Waals surface area contributed by atoms with E-state index in [4.69, 9.17) is 9.47 Å². The number of nitrogens with one attached hydrogen (secondary N) is 1. The lowest BCUT2D eigenvalue weighted by molar-refractivity contribution is -0.117. The molecule has 1 amide bonds. The van der Waals surface area contributed by atoms with Crippen molar-refractivity contribution < 1.29 is 19.4 Å². The normalized spacial score (nSPS) is 12.4. The number of aliphatic hydroxyl groups is 1. The van der Waals surface area contributed by atoms with Gasteiger partial charge in [-0.15, -0.1) is 0 Å². The van der Waals surface area contributed by atoms with Gasteiger partial charge in [-0.1, -0.05) is 11.6 Å². The predicted octanol–water partition coefficient (Wildman–Crippen LogP) is 1.14. The number of benzene rings is 1. The van der Waals surface area contributed by atoms with Crippen LogP contribution in [0.15, 0.2) is 24.3 Å². The molecule has 2 N–H and O–H groups in total. The summed E-state index contributed by atoms with van der Waals surface area (Å²) < 4.78 is 10.00. The van der Waals surface area contributed by atoms with Gasteiger partial charge in [0, 0.05) is 25.3 Å². The first kappa shape index (κ1) is 16.2. The third-order valence-electron chi connectivity index (χ3n) is 2.67. The van der Waals surface area contributed by atoms with Crippen molar-refractivity contribution in [2.24, 2.45) is 0 Å². The summed E-state index contributed by atoms with van der Waals surface area (Å²) in [7, 11) is 3.08. The van der Waals surface area contributed by atoms with Crippen LogP contribution in [0, 0.1) is 6.92 Å². The van der Waals surface area contributed by atoms with Crippen molar-refractivity contribution in [1.82, 2.24) is 5.32 Å². The lowest BCUT2D eigenvalue weighted by atomic mass is 10.1. The first-order valence-corrected chi connectivity index (χ1v) is 6.34. The molecule has 0 aliphatic rings. The molecule has 110 valence electrons. The van der Waals surface area contributed by atoms with E-state index < -0.39 is 6.10 Å². The standard InChI is InChI=1S/C15H21NO4/c1-11-4-6-14(20-3)12(8-11)5-7-15(18)16-9-13(17)10-19-2/h4-8,13,17H,9-10H2,1-3H3,(H,16,18). The van der Waals surface area contributed by atoms with E-state index in [1.165, 1.54) is 13.2 Å². The summed E-state index contributed by atoms with van der Waals surface area (Å²) in [6.07, 6.45) is 2.39. The number of hydrogen-bond donors (Lipinski definition) is 2. The Labute approximate surface area is 119 Å². The molecule has 0 fully saturated rings. The van der Waals surface area contributed by atoms with Crippen molar-refractivity contribution in [2.75, 3.05) is 27.4 Å². The van der Waals surface area contributed by atoms with Crippen LogP contribution in [0.2, 0.25) is 0 Å². The highest BCUT2D eigenvalue weighted by atomic mass is 16.5. The Bertz CT molecular complexity index is 471. The van der Waals surface area contributed by atoms with Gasteiger partial charge in [0.25, 0.3) is 0 Å². The summed E-state index contributed by atoms with van der Waals surface area (Å²) in [4.78, 5) is 11.6. The van der Waals surface area contributed by atoms with E-state index in [0.717, 1.165) is 11.1 Å². The molecule has 0 saturated heterocycles. The van der Waals surface area contributed by atoms with Crippen molar-refractivity contribution >= 4 is 12.0 Å². The molecule has 1 unspecified atom stereocenters. The van der Waals surface area contributed by atoms with Crippen molar-refractivity contribution in [2.45, 2.75) is 13.0 Å². The number of aryl methyl sites for hydroxylation is 1. The molecule has 0 aromatic heterocycles. The van der Waals surface area contributed by atoms with Crippen LogP contribution in [0.25, 0.3) is 6.08 Å². The van der Waals surface area contributed by atoms with Gasteiger partial charge in [-0.3, -0.25) is 4.79 Å². The number of rotatable bonds is 7. The van der Waals surface area contributed by atoms with Gasteiger partial charge in [-0.25, -0.2) is 0 Å². The highest BCUT2D eigenvalue weighted by molar-refractivity contribution is 5.92. The van der Waals surface area contributed by atoms with Crippen molar-refractivity contribution in [1.29, 1.82) is 0 Å². The maximum absolute atomic E-state index is 11.6. The molecule has 5 nitrogen and oxygen atoms in total. The van der Waals surface area contributed by atoms with Crippen LogP contribution >= 0.6 is 0 Å². The van der Waals surface area contributed by atoms with Crippen LogP contribution in [-0.4, -0.2) is 44.5 Å². The molecular weight excluding hydrogens is 258 g/mol. The fourth-order valence-electron chi connectivity index (χ4n) is 1.68. The van der Waals surface area contributed by atoms with Crippen molar-refractivity contribution in [3.63, 3.8) is 0 Å². The second kappa shape index (κ2) is 8.35. The second-order valence-corrected chi connectivity index (χ2v) is 4.43. The van der Waals surface area contributed by atoms with E-state index >= 15 is 0 Å². The summed E-state index contributed by atoms with van der Waals surface area (Å²) in [6.45, 7) is 2.32. The van der Waals surface area contributed by atoms with Gasteiger partial charge in [0.15, 0.2) is 0 Å². The number of amides is 1. The number of hydrogen-bond acceptors (Lipinski definition) is 4. The van der Waals surface area contributed by atoms with Crippen LogP contribution in [0.3, 0.4) is 0 Å². The molecule has 1 rings (SSSR count). The maximum Gasteiger partial charge on any atom is 0.244 e. The molecule has 0 aliphatic carbocycles. The minimum atomic E-state index is -0.703. The lowest BCUT2D eigenvalue weighted by Gasteiger charge is -2.09. The highest BCUT2D eigenvalue weighted by Gasteiger charge is 2.05. The van der Waals surface area contributed by atoms with Crippen LogP contribution < -0.4 is 10.1 Å². The minimum absolute atomic E-state index is 0.155. The zero-order valence-electron chi connectivity index (χ0n) is 12.1. The lowest BCUT2D eigenvalue weighted by Crippen LogP contribution is -2.33. The van der Waals surface area contributed by atoms with E-state index in [2.05, 4.69) is 5.32 Å². The van der Waals surface area contributed by atoms with Crippen LogP contribution in [0.1, 0.15) is 11.1 Å². The second-order valence-electron chi connectivity index (χ2n) is 4.43. The van der Waals surface area contributed by atoms with Gasteiger partial charge < -0.3 is 19.9 Å². The van der Waals surface area contributed by atoms with Crippen LogP contribution in [-0.2, 0) is 9.53 Å². The number of ether oxygens (including phenoxy) is 2. The van der Waals surface area contributed by atoms with Gasteiger partial charge in [-0.05, 0) is 25.1 Å². The summed E-state index contributed by atoms with van der Waals surface area (Å²) in [6, 6.07) is 5.73. The number of carbonyl (C=O) groups excluding carboxylic acids is 1. The SMILES string of the molecule is COCC(O)CNC(=O)C=Cc1cc(C)ccc1OC. The third-order valence-corrected chi connectivity index (χ3v) is 2.67. The first-order valence-electron chi connectivity index (χ1n) is 6.34. The number of carbonyl (C=O) groups is 1. The molecule has 0 heterocycles. The summed E-state index contributed by atoms with van der Waals surface area (Å²) >= 11 is 0. The van der Waals surface area contributed by atoms with Gasteiger partial charge in [0.1, 0.15) is 5.75 Å². The Balaban J connectivity index is 2.59. The summed E-state index contributed by atoms with van der Waals surface area (Å²) in [5, 5.41) is 12.0. The molecule has 5 heteroatoms. The predicted molar refractivity (Wildman–Crippen MR) is 77.7 cm³/mol. The number of methoxy groups -OCH3 is 2. The quantitative estimate of drug-likeness (QED) is 0.735. The molecule has 1 aromatic rings. The summed E-state index contributed by atoms with van der Waals surface area (Å²) in [5.74, 6) is 0.433. The zero-order valence-corrected chi connectivity index (χ0v) is 12.1. The van der Waals surface area contributed by atoms with Gasteiger partial charge in [0.05, 0.1) is 19.8 Å². The molecule has 0 bridgehead atoms. The van der Waals surface area contributed by atoms with Crippen molar-refractivity contribution in [3.05, 3.63) is 35.4 Å². The first-order chi connectivity index (χ1) is 9.56. The van der Waals surface area contributed by atoms with Crippen molar-refractivity contribution in [3.8, 4) is 5.75 Å². The Kier molecular flexibility index (Phi) is 6.76. The molecule has 1 aromatic carbocycles. The monoisotopic (exact) mass is 279 g/mol. The van der Waals surface area contributed by atoms with E-state index in [1.807, 2.05) is 25.1 Å². The third kappa shape index (κ3) is 5.42. The number of aliphatic hydroxyl groups excluding tert-OH is 1.